The largest absolute Gasteiger partial charge is 0.472 e. The first-order valence-electron chi connectivity index (χ1n) is 44.7. The molecule has 0 aliphatic carbocycles. The topological polar surface area (TPSA) is 237 Å². The summed E-state index contributed by atoms with van der Waals surface area (Å²) in [7, 11) is -9.93. The third-order valence-electron chi connectivity index (χ3n) is 20.6. The Morgan fingerprint density at radius 3 is 0.676 bits per heavy atom. The van der Waals surface area contributed by atoms with Crippen molar-refractivity contribution in [3.05, 3.63) is 0 Å². The average Bonchev–Trinajstić information content (AvgIpc) is 0.933. The van der Waals surface area contributed by atoms with Gasteiger partial charge in [-0.05, 0) is 31.6 Å². The summed E-state index contributed by atoms with van der Waals surface area (Å²) in [4.78, 5) is 73.2. The average molecular weight is 1540 g/mol. The van der Waals surface area contributed by atoms with E-state index in [2.05, 4.69) is 34.6 Å². The molecule has 0 heterocycles. The number of ether oxygens (including phenoxy) is 4. The Hall–Kier alpha value is -1.94. The van der Waals surface area contributed by atoms with Crippen LogP contribution in [0.2, 0.25) is 0 Å². The molecule has 3 unspecified atom stereocenters. The van der Waals surface area contributed by atoms with Crippen molar-refractivity contribution < 1.29 is 80.2 Å². The Balaban J connectivity index is 5.24. The van der Waals surface area contributed by atoms with E-state index < -0.39 is 97.5 Å². The van der Waals surface area contributed by atoms with Crippen LogP contribution >= 0.6 is 15.6 Å². The molecule has 0 aliphatic rings. The second-order valence-electron chi connectivity index (χ2n) is 31.2. The van der Waals surface area contributed by atoms with Gasteiger partial charge in [0.15, 0.2) is 12.2 Å². The van der Waals surface area contributed by atoms with Crippen LogP contribution in [0.25, 0.3) is 0 Å². The normalized spacial score (nSPS) is 14.0. The van der Waals surface area contributed by atoms with Gasteiger partial charge in [0.25, 0.3) is 0 Å². The quantitative estimate of drug-likeness (QED) is 0.0222. The maximum Gasteiger partial charge on any atom is 0.472 e. The van der Waals surface area contributed by atoms with Gasteiger partial charge >= 0.3 is 39.5 Å². The van der Waals surface area contributed by atoms with E-state index >= 15 is 0 Å². The molecule has 6 atom stereocenters. The van der Waals surface area contributed by atoms with Gasteiger partial charge in [-0.1, -0.05) is 413 Å². The van der Waals surface area contributed by atoms with Crippen LogP contribution in [0.1, 0.15) is 465 Å². The van der Waals surface area contributed by atoms with Gasteiger partial charge in [0, 0.05) is 25.7 Å². The molecule has 0 spiro atoms. The highest BCUT2D eigenvalue weighted by atomic mass is 31.2. The third kappa shape index (κ3) is 78.5. The van der Waals surface area contributed by atoms with Crippen LogP contribution in [0.3, 0.4) is 0 Å². The summed E-state index contributed by atoms with van der Waals surface area (Å²) >= 11 is 0. The molecular weight excluding hydrogens is 1370 g/mol. The van der Waals surface area contributed by atoms with Gasteiger partial charge in [-0.15, -0.1) is 0 Å². The van der Waals surface area contributed by atoms with E-state index in [0.29, 0.717) is 25.7 Å². The number of hydrogen-bond donors (Lipinski definition) is 3. The van der Waals surface area contributed by atoms with Crippen molar-refractivity contribution in [2.24, 2.45) is 5.92 Å². The lowest BCUT2D eigenvalue weighted by molar-refractivity contribution is -0.161. The first-order valence-corrected chi connectivity index (χ1v) is 47.7. The fourth-order valence-corrected chi connectivity index (χ4v) is 15.0. The number of rotatable bonds is 86. The number of carbonyl (C=O) groups excluding carboxylic acids is 4. The molecule has 19 heteroatoms. The van der Waals surface area contributed by atoms with Crippen molar-refractivity contribution in [1.29, 1.82) is 0 Å². The van der Waals surface area contributed by atoms with E-state index in [-0.39, 0.29) is 25.7 Å². The molecule has 0 fully saturated rings. The molecular formula is C86H168O17P2. The molecule has 105 heavy (non-hydrogen) atoms. The van der Waals surface area contributed by atoms with Crippen molar-refractivity contribution in [1.82, 2.24) is 0 Å². The number of phosphoric ester groups is 2. The highest BCUT2D eigenvalue weighted by Crippen LogP contribution is 2.45. The number of aliphatic hydroxyl groups excluding tert-OH is 1. The lowest BCUT2D eigenvalue weighted by atomic mass is 9.99. The summed E-state index contributed by atoms with van der Waals surface area (Å²) in [6.07, 6.45) is 72.1. The Labute approximate surface area is 645 Å². The zero-order chi connectivity index (χ0) is 76.9. The SMILES string of the molecule is CCCCCCCCCCCCCCCCCCCCCCC(=O)O[C@H](COC(=O)CCCCCCCCCCCCCCCCCCCCC)COP(=O)(O)OC[C@@H](O)COP(=O)(O)OC[C@@H](COC(=O)CCCCCCCCCCCCCC)OC(=O)CCCCCCCCCCCCC(C)CC. The minimum atomic E-state index is -4.97. The summed E-state index contributed by atoms with van der Waals surface area (Å²) in [5.41, 5.74) is 0. The van der Waals surface area contributed by atoms with Crippen molar-refractivity contribution >= 4 is 39.5 Å². The molecule has 0 radical (unpaired) electrons. The Morgan fingerprint density at radius 2 is 0.457 bits per heavy atom. The number of carbonyl (C=O) groups is 4. The molecule has 0 aromatic rings. The maximum absolute atomic E-state index is 13.2. The summed E-state index contributed by atoms with van der Waals surface area (Å²) < 4.78 is 68.9. The number of hydrogen-bond acceptors (Lipinski definition) is 15. The zero-order valence-corrected chi connectivity index (χ0v) is 70.7. The van der Waals surface area contributed by atoms with Crippen molar-refractivity contribution in [2.45, 2.75) is 483 Å². The minimum Gasteiger partial charge on any atom is -0.462 e. The molecule has 0 saturated heterocycles. The molecule has 624 valence electrons. The van der Waals surface area contributed by atoms with Crippen LogP contribution < -0.4 is 0 Å². The summed E-state index contributed by atoms with van der Waals surface area (Å²) in [5, 5.41) is 10.7. The summed E-state index contributed by atoms with van der Waals surface area (Å²) in [5.74, 6) is -1.30. The Kier molecular flexibility index (Phi) is 77.3. The van der Waals surface area contributed by atoms with Crippen LogP contribution in [0.4, 0.5) is 0 Å². The van der Waals surface area contributed by atoms with Crippen molar-refractivity contribution in [3.8, 4) is 0 Å². The maximum atomic E-state index is 13.2. The monoisotopic (exact) mass is 1540 g/mol. The van der Waals surface area contributed by atoms with Gasteiger partial charge in [-0.25, -0.2) is 9.13 Å². The van der Waals surface area contributed by atoms with E-state index in [1.807, 2.05) is 0 Å². The molecule has 0 amide bonds. The van der Waals surface area contributed by atoms with E-state index in [1.165, 1.54) is 289 Å². The molecule has 0 aliphatic heterocycles. The van der Waals surface area contributed by atoms with Gasteiger partial charge in [0.2, 0.25) is 0 Å². The predicted molar refractivity (Wildman–Crippen MR) is 432 cm³/mol. The number of aliphatic hydroxyl groups is 1. The zero-order valence-electron chi connectivity index (χ0n) is 68.9. The number of unbranched alkanes of at least 4 members (excludes halogenated alkanes) is 57. The van der Waals surface area contributed by atoms with E-state index in [0.717, 1.165) is 95.8 Å². The van der Waals surface area contributed by atoms with Crippen molar-refractivity contribution in [3.63, 3.8) is 0 Å². The Bertz CT molecular complexity index is 2000. The van der Waals surface area contributed by atoms with Crippen LogP contribution in [-0.2, 0) is 65.4 Å². The van der Waals surface area contributed by atoms with Gasteiger partial charge in [0.1, 0.15) is 19.3 Å². The van der Waals surface area contributed by atoms with Gasteiger partial charge in [-0.2, -0.15) is 0 Å². The highest BCUT2D eigenvalue weighted by molar-refractivity contribution is 7.47. The lowest BCUT2D eigenvalue weighted by Crippen LogP contribution is -2.30. The van der Waals surface area contributed by atoms with Gasteiger partial charge in [0.05, 0.1) is 26.4 Å². The molecule has 17 nitrogen and oxygen atoms in total. The fraction of sp³-hybridized carbons (Fsp3) is 0.953. The lowest BCUT2D eigenvalue weighted by Gasteiger charge is -2.21. The smallest absolute Gasteiger partial charge is 0.462 e. The second kappa shape index (κ2) is 78.7. The standard InChI is InChI=1S/C86H168O17P2/c1-6-10-13-16-19-22-25-28-30-32-34-36-38-40-42-45-51-56-61-66-71-85(90)102-81(75-97-84(89)70-65-60-55-50-44-41-39-37-35-33-31-29-26-23-20-17-14-11-7-2)77-100-104(92,93)98-73-80(87)74-99-105(94,95)101-78-82(76-96-83(88)69-64-59-54-49-43-27-24-21-18-15-12-8-3)103-86(91)72-67-62-57-52-47-46-48-53-58-63-68-79(5)9-4/h79-82,87H,6-78H2,1-5H3,(H,92,93)(H,94,95)/t79?,80-,81-,82-/m1/s1. The minimum absolute atomic E-state index is 0.107. The van der Waals surface area contributed by atoms with E-state index in [9.17, 15) is 43.2 Å². The fourth-order valence-electron chi connectivity index (χ4n) is 13.4. The van der Waals surface area contributed by atoms with Gasteiger partial charge in [-0.3, -0.25) is 37.3 Å². The summed E-state index contributed by atoms with van der Waals surface area (Å²) in [6, 6.07) is 0. The molecule has 0 aromatic heterocycles. The molecule has 0 saturated carbocycles. The third-order valence-corrected chi connectivity index (χ3v) is 22.5. The highest BCUT2D eigenvalue weighted by Gasteiger charge is 2.30. The second-order valence-corrected chi connectivity index (χ2v) is 34.1. The predicted octanol–water partition coefficient (Wildman–Crippen LogP) is 26.4. The van der Waals surface area contributed by atoms with Crippen molar-refractivity contribution in [2.75, 3.05) is 39.6 Å². The van der Waals surface area contributed by atoms with Crippen LogP contribution in [0.15, 0.2) is 0 Å². The molecule has 3 N–H and O–H groups in total. The van der Waals surface area contributed by atoms with E-state index in [4.69, 9.17) is 37.0 Å². The Morgan fingerprint density at radius 1 is 0.267 bits per heavy atom. The molecule has 0 rings (SSSR count). The van der Waals surface area contributed by atoms with Crippen LogP contribution in [-0.4, -0.2) is 96.7 Å². The van der Waals surface area contributed by atoms with Gasteiger partial charge < -0.3 is 33.8 Å². The first-order chi connectivity index (χ1) is 51.1. The number of phosphoric acid groups is 2. The van der Waals surface area contributed by atoms with Crippen LogP contribution in [0, 0.1) is 5.92 Å². The summed E-state index contributed by atoms with van der Waals surface area (Å²) in [6.45, 7) is 7.39. The van der Waals surface area contributed by atoms with Crippen LogP contribution in [0.5, 0.6) is 0 Å². The first kappa shape index (κ1) is 103. The number of esters is 4. The molecule has 0 bridgehead atoms. The molecule has 0 aromatic carbocycles. The van der Waals surface area contributed by atoms with E-state index in [1.54, 1.807) is 0 Å².